The molecular weight excluding hydrogens is 397 g/mol. The molecule has 7 heteroatoms. The van der Waals surface area contributed by atoms with Gasteiger partial charge in [-0.05, 0) is 47.9 Å². The Labute approximate surface area is 178 Å². The van der Waals surface area contributed by atoms with E-state index in [-0.39, 0.29) is 0 Å². The molecule has 0 aromatic heterocycles. The molecule has 4 amide bonds. The fourth-order valence-corrected chi connectivity index (χ4v) is 3.54. The zero-order valence-corrected chi connectivity index (χ0v) is 16.8. The first-order valence-electron chi connectivity index (χ1n) is 9.72. The smallest absolute Gasteiger partial charge is 0.325 e. The number of rotatable bonds is 5. The van der Waals surface area contributed by atoms with E-state index < -0.39 is 35.7 Å². The van der Waals surface area contributed by atoms with Gasteiger partial charge in [0.05, 0.1) is 0 Å². The van der Waals surface area contributed by atoms with Gasteiger partial charge in [-0.15, -0.1) is 0 Å². The third-order valence-electron chi connectivity index (χ3n) is 5.27. The van der Waals surface area contributed by atoms with Crippen LogP contribution < -0.4 is 10.6 Å². The molecule has 6 nitrogen and oxygen atoms in total. The quantitative estimate of drug-likeness (QED) is 0.618. The number of amides is 4. The van der Waals surface area contributed by atoms with Gasteiger partial charge in [0.15, 0.2) is 0 Å². The van der Waals surface area contributed by atoms with Gasteiger partial charge in [-0.2, -0.15) is 0 Å². The number of hydrogen-bond acceptors (Lipinski definition) is 3. The average Bonchev–Trinajstić information content (AvgIpc) is 2.99. The predicted octanol–water partition coefficient (Wildman–Crippen LogP) is 3.90. The van der Waals surface area contributed by atoms with Crippen LogP contribution in [0.1, 0.15) is 12.5 Å². The summed E-state index contributed by atoms with van der Waals surface area (Å²) in [5, 5.41) is 5.30. The second kappa shape index (κ2) is 8.02. The average molecular weight is 417 g/mol. The molecule has 0 radical (unpaired) electrons. The summed E-state index contributed by atoms with van der Waals surface area (Å²) in [5.41, 5.74) is 1.69. The maximum atomic E-state index is 13.2. The topological polar surface area (TPSA) is 78.5 Å². The molecule has 1 fully saturated rings. The van der Waals surface area contributed by atoms with Gasteiger partial charge in [0.25, 0.3) is 5.91 Å². The number of nitrogens with zero attached hydrogens (tertiary/aromatic N) is 1. The van der Waals surface area contributed by atoms with Crippen molar-refractivity contribution in [3.05, 3.63) is 90.2 Å². The van der Waals surface area contributed by atoms with Gasteiger partial charge < -0.3 is 10.6 Å². The summed E-state index contributed by atoms with van der Waals surface area (Å²) in [4.78, 5) is 38.6. The van der Waals surface area contributed by atoms with Crippen molar-refractivity contribution >= 4 is 23.5 Å². The summed E-state index contributed by atoms with van der Waals surface area (Å²) in [6, 6.07) is 21.7. The highest BCUT2D eigenvalue weighted by Gasteiger charge is 2.49. The Morgan fingerprint density at radius 3 is 2.19 bits per heavy atom. The molecule has 1 unspecified atom stereocenters. The molecule has 3 aromatic carbocycles. The number of benzene rings is 3. The molecule has 3 aromatic rings. The van der Waals surface area contributed by atoms with Crippen molar-refractivity contribution in [2.24, 2.45) is 0 Å². The summed E-state index contributed by atoms with van der Waals surface area (Å²) in [6.45, 7) is 1.10. The highest BCUT2D eigenvalue weighted by Crippen LogP contribution is 2.29. The normalized spacial score (nSPS) is 18.1. The van der Waals surface area contributed by atoms with Gasteiger partial charge in [0.2, 0.25) is 5.91 Å². The van der Waals surface area contributed by atoms with E-state index in [2.05, 4.69) is 10.6 Å². The van der Waals surface area contributed by atoms with Crippen LogP contribution in [0.2, 0.25) is 0 Å². The maximum absolute atomic E-state index is 13.2. The van der Waals surface area contributed by atoms with Crippen LogP contribution in [-0.4, -0.2) is 29.3 Å². The molecule has 2 N–H and O–H groups in total. The number of carbonyl (C=O) groups is 3. The summed E-state index contributed by atoms with van der Waals surface area (Å²) in [7, 11) is 0. The van der Waals surface area contributed by atoms with E-state index in [4.69, 9.17) is 0 Å². The third-order valence-corrected chi connectivity index (χ3v) is 5.27. The fraction of sp³-hybridized carbons (Fsp3) is 0.125. The summed E-state index contributed by atoms with van der Waals surface area (Å²) < 4.78 is 13.2. The molecule has 0 saturated carbocycles. The Morgan fingerprint density at radius 2 is 1.55 bits per heavy atom. The third kappa shape index (κ3) is 4.02. The molecule has 0 spiro atoms. The Bertz CT molecular complexity index is 1130. The van der Waals surface area contributed by atoms with Crippen LogP contribution in [0, 0.1) is 5.82 Å². The maximum Gasteiger partial charge on any atom is 0.325 e. The summed E-state index contributed by atoms with van der Waals surface area (Å²) in [6.07, 6.45) is 0. The lowest BCUT2D eigenvalue weighted by Crippen LogP contribution is -2.42. The van der Waals surface area contributed by atoms with E-state index in [1.165, 1.54) is 31.2 Å². The first-order valence-corrected chi connectivity index (χ1v) is 9.72. The van der Waals surface area contributed by atoms with E-state index in [0.29, 0.717) is 11.3 Å². The zero-order valence-electron chi connectivity index (χ0n) is 16.8. The second-order valence-electron chi connectivity index (χ2n) is 7.44. The Kier molecular flexibility index (Phi) is 5.25. The van der Waals surface area contributed by atoms with Gasteiger partial charge in [0.1, 0.15) is 17.9 Å². The standard InChI is InChI=1S/C24H20FN3O3/c1-24(18-9-11-19(25)12-10-18)22(30)28(23(31)27-24)15-21(29)26-20-13-7-17(8-14-20)16-5-3-2-4-6-16/h2-14H,15H2,1H3,(H,26,29)(H,27,31). The monoisotopic (exact) mass is 417 g/mol. The number of halogens is 1. The molecule has 1 aliphatic rings. The SMILES string of the molecule is CC1(c2ccc(F)cc2)NC(=O)N(CC(=O)Nc2ccc(-c3ccccc3)cc2)C1=O. The van der Waals surface area contributed by atoms with Crippen molar-refractivity contribution in [1.82, 2.24) is 10.2 Å². The number of anilines is 1. The van der Waals surface area contributed by atoms with E-state index in [1.54, 1.807) is 12.1 Å². The molecule has 1 aliphatic heterocycles. The number of hydrogen-bond donors (Lipinski definition) is 2. The fourth-order valence-electron chi connectivity index (χ4n) is 3.54. The highest BCUT2D eigenvalue weighted by atomic mass is 19.1. The van der Waals surface area contributed by atoms with E-state index in [9.17, 15) is 18.8 Å². The van der Waals surface area contributed by atoms with Crippen LogP contribution in [0.15, 0.2) is 78.9 Å². The Hall–Kier alpha value is -4.00. The minimum absolute atomic E-state index is 0.429. The molecule has 0 aliphatic carbocycles. The number of nitrogens with one attached hydrogen (secondary N) is 2. The molecule has 31 heavy (non-hydrogen) atoms. The first-order chi connectivity index (χ1) is 14.9. The Morgan fingerprint density at radius 1 is 0.935 bits per heavy atom. The molecule has 156 valence electrons. The lowest BCUT2D eigenvalue weighted by molar-refractivity contribution is -0.133. The van der Waals surface area contributed by atoms with Crippen molar-refractivity contribution in [2.75, 3.05) is 11.9 Å². The molecule has 1 atom stereocenters. The zero-order chi connectivity index (χ0) is 22.0. The predicted molar refractivity (Wildman–Crippen MR) is 115 cm³/mol. The summed E-state index contributed by atoms with van der Waals surface area (Å²) in [5.74, 6) is -1.52. The molecule has 1 heterocycles. The first kappa shape index (κ1) is 20.3. The van der Waals surface area contributed by atoms with Crippen molar-refractivity contribution < 1.29 is 18.8 Å². The van der Waals surface area contributed by atoms with Crippen LogP contribution in [-0.2, 0) is 15.1 Å². The Balaban J connectivity index is 1.43. The van der Waals surface area contributed by atoms with Crippen molar-refractivity contribution in [3.63, 3.8) is 0 Å². The van der Waals surface area contributed by atoms with Gasteiger partial charge in [-0.3, -0.25) is 14.5 Å². The largest absolute Gasteiger partial charge is 0.325 e. The van der Waals surface area contributed by atoms with Crippen molar-refractivity contribution in [1.29, 1.82) is 0 Å². The second-order valence-corrected chi connectivity index (χ2v) is 7.44. The van der Waals surface area contributed by atoms with Crippen LogP contribution in [0.3, 0.4) is 0 Å². The van der Waals surface area contributed by atoms with Crippen LogP contribution in [0.5, 0.6) is 0 Å². The van der Waals surface area contributed by atoms with E-state index in [1.807, 2.05) is 42.5 Å². The molecular formula is C24H20FN3O3. The van der Waals surface area contributed by atoms with Crippen molar-refractivity contribution in [2.45, 2.75) is 12.5 Å². The van der Waals surface area contributed by atoms with Gasteiger partial charge in [-0.25, -0.2) is 9.18 Å². The van der Waals surface area contributed by atoms with E-state index in [0.717, 1.165) is 16.0 Å². The molecule has 0 bridgehead atoms. The lowest BCUT2D eigenvalue weighted by atomic mass is 9.92. The van der Waals surface area contributed by atoms with Gasteiger partial charge in [0, 0.05) is 5.69 Å². The lowest BCUT2D eigenvalue weighted by Gasteiger charge is -2.22. The van der Waals surface area contributed by atoms with E-state index >= 15 is 0 Å². The number of urea groups is 1. The number of imide groups is 1. The minimum Gasteiger partial charge on any atom is -0.325 e. The van der Waals surface area contributed by atoms with Crippen LogP contribution in [0.25, 0.3) is 11.1 Å². The molecule has 1 saturated heterocycles. The molecule has 4 rings (SSSR count). The summed E-state index contributed by atoms with van der Waals surface area (Å²) >= 11 is 0. The van der Waals surface area contributed by atoms with Gasteiger partial charge in [-0.1, -0.05) is 54.6 Å². The van der Waals surface area contributed by atoms with Crippen LogP contribution in [0.4, 0.5) is 14.9 Å². The minimum atomic E-state index is -1.36. The van der Waals surface area contributed by atoms with Crippen molar-refractivity contribution in [3.8, 4) is 11.1 Å². The highest BCUT2D eigenvalue weighted by molar-refractivity contribution is 6.10. The number of carbonyl (C=O) groups excluding carboxylic acids is 3. The van der Waals surface area contributed by atoms with Gasteiger partial charge >= 0.3 is 6.03 Å². The van der Waals surface area contributed by atoms with Crippen LogP contribution >= 0.6 is 0 Å².